The molecule has 3 aliphatic rings. The van der Waals surface area contributed by atoms with Gasteiger partial charge < -0.3 is 25.8 Å². The summed E-state index contributed by atoms with van der Waals surface area (Å²) in [4.78, 5) is 27.7. The van der Waals surface area contributed by atoms with E-state index in [-0.39, 0.29) is 43.1 Å². The number of benzene rings is 2. The lowest BCUT2D eigenvalue weighted by Gasteiger charge is -2.44. The van der Waals surface area contributed by atoms with Crippen LogP contribution in [0.3, 0.4) is 0 Å². The van der Waals surface area contributed by atoms with E-state index in [1.807, 2.05) is 0 Å². The van der Waals surface area contributed by atoms with Gasteiger partial charge in [-0.25, -0.2) is 13.2 Å². The number of amides is 2. The van der Waals surface area contributed by atoms with Crippen molar-refractivity contribution >= 4 is 23.4 Å². The number of nitrogens with two attached hydrogens (primary N) is 1. The summed E-state index contributed by atoms with van der Waals surface area (Å²) in [5.41, 5.74) is 2.87. The first-order valence-electron chi connectivity index (χ1n) is 12.2. The molecule has 1 unspecified atom stereocenters. The Bertz CT molecular complexity index is 1340. The summed E-state index contributed by atoms with van der Waals surface area (Å²) >= 11 is 5.85. The molecule has 2 aromatic carbocycles. The van der Waals surface area contributed by atoms with Crippen LogP contribution in [0.25, 0.3) is 0 Å². The molecule has 3 aliphatic heterocycles. The molecule has 0 aliphatic carbocycles. The molecule has 4 N–H and O–H groups in total. The summed E-state index contributed by atoms with van der Waals surface area (Å²) in [6.07, 6.45) is 1.99. The molecule has 0 spiro atoms. The Kier molecular flexibility index (Phi) is 7.23. The van der Waals surface area contributed by atoms with Crippen molar-refractivity contribution in [2.45, 2.75) is 42.8 Å². The van der Waals surface area contributed by atoms with Crippen LogP contribution >= 0.6 is 11.6 Å². The minimum Gasteiger partial charge on any atom is -0.372 e. The third kappa shape index (κ3) is 4.93. The van der Waals surface area contributed by atoms with Crippen LogP contribution in [0.1, 0.15) is 30.1 Å². The summed E-state index contributed by atoms with van der Waals surface area (Å²) in [6, 6.07) is 5.99. The SMILES string of the molecule is N[C@H]1C[C@H]([C@]2(N3CCC(O)(C(=O)NCc4cc(F)cc(Cl)c4)C3=O)C=CN=N2)CO[C@@H]1c1cc(F)ccc1F. The van der Waals surface area contributed by atoms with Crippen molar-refractivity contribution in [1.82, 2.24) is 10.2 Å². The highest BCUT2D eigenvalue weighted by Gasteiger charge is 2.59. The molecule has 2 aromatic rings. The van der Waals surface area contributed by atoms with E-state index in [4.69, 9.17) is 22.1 Å². The summed E-state index contributed by atoms with van der Waals surface area (Å²) in [5.74, 6) is -4.29. The molecule has 0 bridgehead atoms. The van der Waals surface area contributed by atoms with Crippen LogP contribution in [-0.2, 0) is 20.9 Å². The largest absolute Gasteiger partial charge is 0.372 e. The Morgan fingerprint density at radius 3 is 2.72 bits per heavy atom. The van der Waals surface area contributed by atoms with E-state index in [1.165, 1.54) is 23.2 Å². The lowest BCUT2D eigenvalue weighted by Crippen LogP contribution is -2.60. The maximum absolute atomic E-state index is 14.4. The second kappa shape index (κ2) is 10.3. The number of hydrogen-bond acceptors (Lipinski definition) is 7. The Morgan fingerprint density at radius 1 is 1.23 bits per heavy atom. The number of azo groups is 1. The van der Waals surface area contributed by atoms with Gasteiger partial charge in [-0.2, -0.15) is 10.2 Å². The molecule has 0 aromatic heterocycles. The van der Waals surface area contributed by atoms with Gasteiger partial charge in [0.25, 0.3) is 11.8 Å². The van der Waals surface area contributed by atoms with Crippen LogP contribution in [-0.4, -0.2) is 52.3 Å². The van der Waals surface area contributed by atoms with E-state index in [0.29, 0.717) is 5.56 Å². The summed E-state index contributed by atoms with van der Waals surface area (Å²) < 4.78 is 47.6. The van der Waals surface area contributed by atoms with Crippen LogP contribution < -0.4 is 11.1 Å². The smallest absolute Gasteiger partial charge is 0.266 e. The third-order valence-corrected chi connectivity index (χ3v) is 7.59. The average molecular weight is 564 g/mol. The lowest BCUT2D eigenvalue weighted by atomic mass is 9.81. The molecule has 5 atom stereocenters. The molecule has 5 rings (SSSR count). The van der Waals surface area contributed by atoms with Crippen LogP contribution in [0.15, 0.2) is 58.9 Å². The van der Waals surface area contributed by atoms with Gasteiger partial charge in [-0.1, -0.05) is 11.6 Å². The van der Waals surface area contributed by atoms with E-state index in [2.05, 4.69) is 15.5 Å². The van der Waals surface area contributed by atoms with Crippen molar-refractivity contribution in [1.29, 1.82) is 0 Å². The van der Waals surface area contributed by atoms with Crippen molar-refractivity contribution in [3.8, 4) is 0 Å². The highest BCUT2D eigenvalue weighted by Crippen LogP contribution is 2.44. The molecule has 13 heteroatoms. The molecule has 2 saturated heterocycles. The summed E-state index contributed by atoms with van der Waals surface area (Å²) in [6.45, 7) is -0.238. The topological polar surface area (TPSA) is 130 Å². The number of carbonyl (C=O) groups excluding carboxylic acids is 2. The quantitative estimate of drug-likeness (QED) is 0.465. The zero-order chi connectivity index (χ0) is 27.9. The highest BCUT2D eigenvalue weighted by molar-refractivity contribution is 6.30. The minimum atomic E-state index is -2.40. The number of nitrogens with zero attached hydrogens (tertiary/aromatic N) is 3. The predicted octanol–water partition coefficient (Wildman–Crippen LogP) is 3.12. The molecule has 2 fully saturated rings. The zero-order valence-corrected chi connectivity index (χ0v) is 21.2. The second-order valence-electron chi connectivity index (χ2n) is 9.86. The Hall–Kier alpha value is -3.32. The number of aliphatic hydroxyl groups is 1. The van der Waals surface area contributed by atoms with E-state index in [1.54, 1.807) is 6.08 Å². The number of rotatable bonds is 6. The van der Waals surface area contributed by atoms with Crippen LogP contribution in [0.4, 0.5) is 13.2 Å². The van der Waals surface area contributed by atoms with Gasteiger partial charge in [0, 0.05) is 48.3 Å². The minimum absolute atomic E-state index is 0.0125. The molecule has 3 heterocycles. The fraction of sp³-hybridized carbons (Fsp3) is 0.385. The van der Waals surface area contributed by atoms with Crippen LogP contribution in [0, 0.1) is 23.4 Å². The molecule has 2 amide bonds. The predicted molar refractivity (Wildman–Crippen MR) is 132 cm³/mol. The van der Waals surface area contributed by atoms with Gasteiger partial charge in [0.2, 0.25) is 5.60 Å². The molecule has 0 saturated carbocycles. The molecule has 39 heavy (non-hydrogen) atoms. The number of likely N-dealkylation sites (tertiary alicyclic amines) is 1. The first kappa shape index (κ1) is 27.3. The van der Waals surface area contributed by atoms with E-state index in [9.17, 15) is 27.9 Å². The fourth-order valence-electron chi connectivity index (χ4n) is 5.40. The molecule has 0 radical (unpaired) electrons. The van der Waals surface area contributed by atoms with Gasteiger partial charge in [0.1, 0.15) is 23.6 Å². The van der Waals surface area contributed by atoms with Crippen molar-refractivity contribution in [2.75, 3.05) is 13.2 Å². The standard InChI is InChI=1S/C26H25ClF3N5O4/c27-16-7-14(8-18(29)10-16)12-32-23(36)25(38)4-6-35(24(25)37)26(3-5-33-34-26)15-9-21(31)22(39-13-15)19-11-17(28)1-2-20(19)30/h1-3,5,7-8,10-11,15,21-22,38H,4,6,9,12-13,31H2,(H,32,36)/t15-,21-,22+,25?,26+/m0/s1. The Balaban J connectivity index is 1.32. The fourth-order valence-corrected chi connectivity index (χ4v) is 5.64. The van der Waals surface area contributed by atoms with Gasteiger partial charge in [0.05, 0.1) is 6.61 Å². The molecular formula is C26H25ClF3N5O4. The van der Waals surface area contributed by atoms with Crippen molar-refractivity contribution in [2.24, 2.45) is 21.9 Å². The van der Waals surface area contributed by atoms with Gasteiger partial charge in [-0.3, -0.25) is 9.59 Å². The normalized spacial score (nSPS) is 30.3. The Morgan fingerprint density at radius 2 is 2.03 bits per heavy atom. The monoisotopic (exact) mass is 563 g/mol. The second-order valence-corrected chi connectivity index (χ2v) is 10.3. The number of hydrogen-bond donors (Lipinski definition) is 3. The van der Waals surface area contributed by atoms with Crippen LogP contribution in [0.2, 0.25) is 5.02 Å². The molecule has 206 valence electrons. The van der Waals surface area contributed by atoms with Crippen molar-refractivity contribution in [3.05, 3.63) is 82.3 Å². The maximum Gasteiger partial charge on any atom is 0.266 e. The van der Waals surface area contributed by atoms with E-state index < -0.39 is 58.6 Å². The maximum atomic E-state index is 14.4. The first-order chi connectivity index (χ1) is 18.5. The van der Waals surface area contributed by atoms with Crippen molar-refractivity contribution in [3.63, 3.8) is 0 Å². The summed E-state index contributed by atoms with van der Waals surface area (Å²) in [5, 5.41) is 21.9. The van der Waals surface area contributed by atoms with Gasteiger partial charge >= 0.3 is 0 Å². The highest BCUT2D eigenvalue weighted by atomic mass is 35.5. The summed E-state index contributed by atoms with van der Waals surface area (Å²) in [7, 11) is 0. The molecular weight excluding hydrogens is 539 g/mol. The first-order valence-corrected chi connectivity index (χ1v) is 12.6. The van der Waals surface area contributed by atoms with Crippen LogP contribution in [0.5, 0.6) is 0 Å². The number of carbonyl (C=O) groups is 2. The third-order valence-electron chi connectivity index (χ3n) is 7.37. The number of nitrogens with one attached hydrogen (secondary N) is 1. The van der Waals surface area contributed by atoms with Gasteiger partial charge in [-0.15, -0.1) is 0 Å². The van der Waals surface area contributed by atoms with Gasteiger partial charge in [-0.05, 0) is 54.5 Å². The lowest BCUT2D eigenvalue weighted by molar-refractivity contribution is -0.159. The number of halogens is 4. The van der Waals surface area contributed by atoms with E-state index in [0.717, 1.165) is 24.3 Å². The molecule has 9 nitrogen and oxygen atoms in total. The average Bonchev–Trinajstić information content (AvgIpc) is 3.50. The zero-order valence-electron chi connectivity index (χ0n) is 20.5. The van der Waals surface area contributed by atoms with Crippen molar-refractivity contribution < 1.29 is 32.6 Å². The number of ether oxygens (including phenoxy) is 1. The van der Waals surface area contributed by atoms with E-state index >= 15 is 0 Å². The van der Waals surface area contributed by atoms with Gasteiger partial charge in [0.15, 0.2) is 5.66 Å². The Labute approximate surface area is 226 Å².